The maximum absolute atomic E-state index is 2.45. The van der Waals surface area contributed by atoms with Gasteiger partial charge in [0.1, 0.15) is 0 Å². The summed E-state index contributed by atoms with van der Waals surface area (Å²) < 4.78 is 0. The SMILES string of the molecule is Cc1ccc2c(c1)C(c1ccccc1)(C1C=CC=CC1)C1=C2C(C)CC=C1. The van der Waals surface area contributed by atoms with Crippen LogP contribution in [0.1, 0.15) is 42.0 Å². The first-order valence-electron chi connectivity index (χ1n) is 10.1. The van der Waals surface area contributed by atoms with Gasteiger partial charge in [-0.2, -0.15) is 0 Å². The highest BCUT2D eigenvalue weighted by molar-refractivity contribution is 5.87. The van der Waals surface area contributed by atoms with E-state index in [2.05, 4.69) is 98.8 Å². The maximum atomic E-state index is 2.45. The van der Waals surface area contributed by atoms with Gasteiger partial charge in [0, 0.05) is 0 Å². The van der Waals surface area contributed by atoms with Crippen LogP contribution in [0.5, 0.6) is 0 Å². The molecule has 3 aliphatic rings. The van der Waals surface area contributed by atoms with Gasteiger partial charge in [0.15, 0.2) is 0 Å². The molecule has 5 rings (SSSR count). The number of hydrogen-bond acceptors (Lipinski definition) is 0. The van der Waals surface area contributed by atoms with Crippen LogP contribution in [0, 0.1) is 18.8 Å². The lowest BCUT2D eigenvalue weighted by Crippen LogP contribution is -2.36. The lowest BCUT2D eigenvalue weighted by Gasteiger charge is -2.41. The Kier molecular flexibility index (Phi) is 3.82. The zero-order chi connectivity index (χ0) is 18.4. The third-order valence-corrected chi connectivity index (χ3v) is 6.64. The van der Waals surface area contributed by atoms with E-state index in [1.807, 2.05) is 0 Å². The van der Waals surface area contributed by atoms with E-state index < -0.39 is 0 Å². The van der Waals surface area contributed by atoms with Gasteiger partial charge < -0.3 is 0 Å². The van der Waals surface area contributed by atoms with E-state index in [0.29, 0.717) is 11.8 Å². The molecule has 2 aromatic carbocycles. The molecule has 134 valence electrons. The fourth-order valence-corrected chi connectivity index (χ4v) is 5.51. The van der Waals surface area contributed by atoms with E-state index in [9.17, 15) is 0 Å². The molecule has 0 saturated carbocycles. The third-order valence-electron chi connectivity index (χ3n) is 6.64. The monoisotopic (exact) mass is 350 g/mol. The maximum Gasteiger partial charge on any atom is 0.0525 e. The number of fused-ring (bicyclic) bond motifs is 2. The fraction of sp³-hybridized carbons (Fsp3) is 0.259. The Morgan fingerprint density at radius 1 is 0.926 bits per heavy atom. The second-order valence-corrected chi connectivity index (χ2v) is 8.24. The smallest absolute Gasteiger partial charge is 0.0525 e. The van der Waals surface area contributed by atoms with Crippen molar-refractivity contribution in [1.29, 1.82) is 0 Å². The molecule has 0 N–H and O–H groups in total. The van der Waals surface area contributed by atoms with Crippen molar-refractivity contribution in [3.05, 3.63) is 113 Å². The Balaban J connectivity index is 1.89. The summed E-state index contributed by atoms with van der Waals surface area (Å²) in [6.45, 7) is 4.61. The van der Waals surface area contributed by atoms with E-state index in [0.717, 1.165) is 12.8 Å². The summed E-state index contributed by atoms with van der Waals surface area (Å²) in [5.74, 6) is 1.01. The van der Waals surface area contributed by atoms with Gasteiger partial charge in [-0.1, -0.05) is 97.5 Å². The van der Waals surface area contributed by atoms with E-state index in [1.54, 1.807) is 5.57 Å². The summed E-state index contributed by atoms with van der Waals surface area (Å²) in [7, 11) is 0. The summed E-state index contributed by atoms with van der Waals surface area (Å²) in [6, 6.07) is 18.3. The van der Waals surface area contributed by atoms with E-state index >= 15 is 0 Å². The molecule has 0 aliphatic heterocycles. The highest BCUT2D eigenvalue weighted by Gasteiger charge is 2.50. The first-order chi connectivity index (χ1) is 13.2. The minimum atomic E-state index is -0.0929. The van der Waals surface area contributed by atoms with Gasteiger partial charge in [0.25, 0.3) is 0 Å². The number of aryl methyl sites for hydroxylation is 1. The van der Waals surface area contributed by atoms with Crippen molar-refractivity contribution < 1.29 is 0 Å². The van der Waals surface area contributed by atoms with Crippen LogP contribution in [0.2, 0.25) is 0 Å². The lowest BCUT2D eigenvalue weighted by atomic mass is 9.61. The molecule has 0 fully saturated rings. The Labute approximate surface area is 162 Å². The second kappa shape index (κ2) is 6.23. The van der Waals surface area contributed by atoms with Crippen LogP contribution in [0.3, 0.4) is 0 Å². The van der Waals surface area contributed by atoms with Crippen LogP contribution < -0.4 is 0 Å². The first kappa shape index (κ1) is 16.6. The molecule has 3 atom stereocenters. The fourth-order valence-electron chi connectivity index (χ4n) is 5.51. The number of rotatable bonds is 2. The molecule has 2 aromatic rings. The molecule has 0 heteroatoms. The van der Waals surface area contributed by atoms with Crippen molar-refractivity contribution in [3.8, 4) is 0 Å². The van der Waals surface area contributed by atoms with Crippen molar-refractivity contribution in [3.63, 3.8) is 0 Å². The van der Waals surface area contributed by atoms with Gasteiger partial charge in [0.2, 0.25) is 0 Å². The molecule has 3 unspecified atom stereocenters. The largest absolute Gasteiger partial charge is 0.0839 e. The van der Waals surface area contributed by atoms with Gasteiger partial charge in [0.05, 0.1) is 5.41 Å². The predicted octanol–water partition coefficient (Wildman–Crippen LogP) is 6.78. The molecule has 27 heavy (non-hydrogen) atoms. The molecule has 0 saturated heterocycles. The third kappa shape index (κ3) is 2.29. The average molecular weight is 351 g/mol. The van der Waals surface area contributed by atoms with Crippen molar-refractivity contribution >= 4 is 5.57 Å². The Morgan fingerprint density at radius 2 is 1.78 bits per heavy atom. The summed E-state index contributed by atoms with van der Waals surface area (Å²) in [4.78, 5) is 0. The van der Waals surface area contributed by atoms with Crippen LogP contribution >= 0.6 is 0 Å². The molecular weight excluding hydrogens is 324 g/mol. The second-order valence-electron chi connectivity index (χ2n) is 8.24. The summed E-state index contributed by atoms with van der Waals surface area (Å²) in [5, 5.41) is 0. The van der Waals surface area contributed by atoms with E-state index in [-0.39, 0.29) is 5.41 Å². The highest BCUT2D eigenvalue weighted by Crippen LogP contribution is 2.59. The quantitative estimate of drug-likeness (QED) is 0.560. The van der Waals surface area contributed by atoms with Crippen LogP contribution in [0.4, 0.5) is 0 Å². The van der Waals surface area contributed by atoms with Gasteiger partial charge in [-0.05, 0) is 59.4 Å². The molecule has 0 bridgehead atoms. The summed E-state index contributed by atoms with van der Waals surface area (Å²) >= 11 is 0. The highest BCUT2D eigenvalue weighted by atomic mass is 14.5. The van der Waals surface area contributed by atoms with Crippen LogP contribution in [0.25, 0.3) is 5.57 Å². The number of allylic oxidation sites excluding steroid dienone is 8. The molecule has 0 nitrogen and oxygen atoms in total. The standard InChI is InChI=1S/C27H26/c1-19-16-17-23-25(18-19)27(21-11-5-3-6-12-21,22-13-7-4-8-14-22)24-15-9-10-20(2)26(23)24/h3-9,11-13,15-18,20,22H,10,14H2,1-2H3. The van der Waals surface area contributed by atoms with Crippen molar-refractivity contribution in [1.82, 2.24) is 0 Å². The summed E-state index contributed by atoms with van der Waals surface area (Å²) in [6.07, 6.45) is 16.2. The molecule has 0 spiro atoms. The number of hydrogen-bond donors (Lipinski definition) is 0. The molecule has 0 radical (unpaired) electrons. The van der Waals surface area contributed by atoms with Crippen molar-refractivity contribution in [2.24, 2.45) is 11.8 Å². The zero-order valence-electron chi connectivity index (χ0n) is 16.2. The average Bonchev–Trinajstić information content (AvgIpc) is 3.01. The van der Waals surface area contributed by atoms with Crippen LogP contribution in [0.15, 0.2) is 90.6 Å². The topological polar surface area (TPSA) is 0 Å². The normalized spacial score (nSPS) is 28.4. The molecular formula is C27H26. The molecule has 3 aliphatic carbocycles. The number of benzene rings is 2. The lowest BCUT2D eigenvalue weighted by molar-refractivity contribution is 0.452. The summed E-state index contributed by atoms with van der Waals surface area (Å²) in [5.41, 5.74) is 8.75. The van der Waals surface area contributed by atoms with Gasteiger partial charge >= 0.3 is 0 Å². The minimum absolute atomic E-state index is 0.0929. The van der Waals surface area contributed by atoms with Gasteiger partial charge in [-0.15, -0.1) is 0 Å². The van der Waals surface area contributed by atoms with Gasteiger partial charge in [-0.3, -0.25) is 0 Å². The van der Waals surface area contributed by atoms with E-state index in [4.69, 9.17) is 0 Å². The molecule has 0 aromatic heterocycles. The minimum Gasteiger partial charge on any atom is -0.0839 e. The Hall–Kier alpha value is -2.60. The Morgan fingerprint density at radius 3 is 2.56 bits per heavy atom. The van der Waals surface area contributed by atoms with Gasteiger partial charge in [-0.25, -0.2) is 0 Å². The van der Waals surface area contributed by atoms with E-state index in [1.165, 1.54) is 27.8 Å². The zero-order valence-corrected chi connectivity index (χ0v) is 16.2. The molecule has 0 amide bonds. The Bertz CT molecular complexity index is 1000. The van der Waals surface area contributed by atoms with Crippen LogP contribution in [-0.2, 0) is 5.41 Å². The predicted molar refractivity (Wildman–Crippen MR) is 115 cm³/mol. The van der Waals surface area contributed by atoms with Crippen LogP contribution in [-0.4, -0.2) is 0 Å². The molecule has 0 heterocycles. The van der Waals surface area contributed by atoms with Crippen molar-refractivity contribution in [2.75, 3.05) is 0 Å². The first-order valence-corrected chi connectivity index (χ1v) is 10.1. The van der Waals surface area contributed by atoms with Crippen molar-refractivity contribution in [2.45, 2.75) is 32.1 Å².